The molecule has 0 saturated carbocycles. The van der Waals surface area contributed by atoms with E-state index in [0.29, 0.717) is 11.2 Å². The number of aryl methyl sites for hydroxylation is 2. The molecule has 1 atom stereocenters. The Kier molecular flexibility index (Phi) is 3.27. The van der Waals surface area contributed by atoms with Crippen molar-refractivity contribution >= 4 is 22.8 Å². The normalized spacial score (nSPS) is 13.1. The van der Waals surface area contributed by atoms with E-state index >= 15 is 0 Å². The van der Waals surface area contributed by atoms with Crippen LogP contribution in [-0.4, -0.2) is 35.8 Å². The highest BCUT2D eigenvalue weighted by Gasteiger charge is 2.16. The van der Waals surface area contributed by atoms with Crippen molar-refractivity contribution in [3.63, 3.8) is 0 Å². The number of alkyl halides is 1. The number of aliphatic hydroxyl groups excluding tert-OH is 1. The maximum atomic E-state index is 12.2. The van der Waals surface area contributed by atoms with Crippen molar-refractivity contribution in [1.82, 2.24) is 18.7 Å². The number of fused-ring (bicyclic) bond motifs is 1. The molecule has 98 valence electrons. The molecule has 2 heterocycles. The summed E-state index contributed by atoms with van der Waals surface area (Å²) in [5.74, 6) is -0.0426. The van der Waals surface area contributed by atoms with Gasteiger partial charge in [-0.15, -0.1) is 11.6 Å². The summed E-state index contributed by atoms with van der Waals surface area (Å²) in [4.78, 5) is 28.2. The predicted molar refractivity (Wildman–Crippen MR) is 66.9 cm³/mol. The van der Waals surface area contributed by atoms with Crippen LogP contribution in [0.3, 0.4) is 0 Å². The molecule has 0 saturated heterocycles. The van der Waals surface area contributed by atoms with Crippen LogP contribution in [0.15, 0.2) is 15.9 Å². The summed E-state index contributed by atoms with van der Waals surface area (Å²) in [6, 6.07) is 0. The van der Waals surface area contributed by atoms with E-state index in [9.17, 15) is 14.7 Å². The molecule has 0 aliphatic rings. The molecule has 0 aliphatic heterocycles. The summed E-state index contributed by atoms with van der Waals surface area (Å²) in [6.07, 6.45) is 0.524. The molecule has 1 N–H and O–H groups in total. The van der Waals surface area contributed by atoms with Crippen molar-refractivity contribution in [3.05, 3.63) is 27.2 Å². The van der Waals surface area contributed by atoms with Gasteiger partial charge in [0.05, 0.1) is 24.9 Å². The zero-order valence-electron chi connectivity index (χ0n) is 10.00. The number of halogens is 1. The van der Waals surface area contributed by atoms with E-state index in [4.69, 9.17) is 11.6 Å². The van der Waals surface area contributed by atoms with Gasteiger partial charge in [-0.25, -0.2) is 9.78 Å². The molecule has 0 amide bonds. The Labute approximate surface area is 107 Å². The van der Waals surface area contributed by atoms with Crippen molar-refractivity contribution in [1.29, 1.82) is 0 Å². The Morgan fingerprint density at radius 2 is 2.11 bits per heavy atom. The van der Waals surface area contributed by atoms with Gasteiger partial charge in [0.1, 0.15) is 0 Å². The summed E-state index contributed by atoms with van der Waals surface area (Å²) in [5.41, 5.74) is -0.351. The Morgan fingerprint density at radius 1 is 1.44 bits per heavy atom. The maximum Gasteiger partial charge on any atom is 0.332 e. The van der Waals surface area contributed by atoms with Gasteiger partial charge in [0.15, 0.2) is 11.2 Å². The fourth-order valence-corrected chi connectivity index (χ4v) is 1.91. The van der Waals surface area contributed by atoms with Gasteiger partial charge in [0, 0.05) is 14.1 Å². The molecule has 1 unspecified atom stereocenters. The third kappa shape index (κ3) is 1.85. The first-order chi connectivity index (χ1) is 8.47. The lowest BCUT2D eigenvalue weighted by Gasteiger charge is -2.11. The van der Waals surface area contributed by atoms with Crippen LogP contribution in [-0.2, 0) is 20.6 Å². The number of rotatable bonds is 3. The minimum absolute atomic E-state index is 0.0426. The lowest BCUT2D eigenvalue weighted by Crippen LogP contribution is -2.42. The number of aromatic nitrogens is 4. The van der Waals surface area contributed by atoms with Gasteiger partial charge in [-0.3, -0.25) is 13.9 Å². The van der Waals surface area contributed by atoms with Crippen LogP contribution in [0.25, 0.3) is 11.2 Å². The fraction of sp³-hybridized carbons (Fsp3) is 0.500. The monoisotopic (exact) mass is 272 g/mol. The molecule has 0 radical (unpaired) electrons. The smallest absolute Gasteiger partial charge is 0.332 e. The number of hydrogen-bond donors (Lipinski definition) is 1. The van der Waals surface area contributed by atoms with Gasteiger partial charge >= 0.3 is 5.69 Å². The molecule has 2 rings (SSSR count). The molecule has 8 heteroatoms. The average Bonchev–Trinajstić information content (AvgIpc) is 2.74. The summed E-state index contributed by atoms with van der Waals surface area (Å²) < 4.78 is 3.79. The van der Waals surface area contributed by atoms with Crippen molar-refractivity contribution < 1.29 is 5.11 Å². The van der Waals surface area contributed by atoms with Gasteiger partial charge in [-0.05, 0) is 0 Å². The number of aliphatic hydroxyl groups is 1. The standard InChI is InChI=1S/C10H13ClN4O3/c1-13-5-12-8-7(13)9(17)15(4-6(16)3-11)10(18)14(8)2/h5-6,16H,3-4H2,1-2H3. The highest BCUT2D eigenvalue weighted by Crippen LogP contribution is 2.03. The molecule has 18 heavy (non-hydrogen) atoms. The minimum Gasteiger partial charge on any atom is -0.390 e. The second kappa shape index (κ2) is 4.58. The van der Waals surface area contributed by atoms with E-state index < -0.39 is 17.4 Å². The zero-order chi connectivity index (χ0) is 13.4. The van der Waals surface area contributed by atoms with Crippen molar-refractivity contribution in [2.24, 2.45) is 14.1 Å². The Morgan fingerprint density at radius 3 is 2.72 bits per heavy atom. The molecule has 0 fully saturated rings. The van der Waals surface area contributed by atoms with Gasteiger partial charge < -0.3 is 9.67 Å². The molecule has 0 bridgehead atoms. The first-order valence-corrected chi connectivity index (χ1v) is 5.85. The maximum absolute atomic E-state index is 12.2. The van der Waals surface area contributed by atoms with Crippen molar-refractivity contribution in [2.45, 2.75) is 12.6 Å². The van der Waals surface area contributed by atoms with Crippen molar-refractivity contribution in [2.75, 3.05) is 5.88 Å². The van der Waals surface area contributed by atoms with Crippen LogP contribution in [0.2, 0.25) is 0 Å². The van der Waals surface area contributed by atoms with E-state index in [-0.39, 0.29) is 12.4 Å². The first kappa shape index (κ1) is 12.8. The second-order valence-corrected chi connectivity index (χ2v) is 4.40. The van der Waals surface area contributed by atoms with Gasteiger partial charge in [0.25, 0.3) is 5.56 Å². The van der Waals surface area contributed by atoms with Crippen LogP contribution in [0.4, 0.5) is 0 Å². The Balaban J connectivity index is 2.78. The second-order valence-electron chi connectivity index (χ2n) is 4.09. The van der Waals surface area contributed by atoms with Crippen LogP contribution >= 0.6 is 11.6 Å². The van der Waals surface area contributed by atoms with E-state index in [1.165, 1.54) is 17.9 Å². The highest BCUT2D eigenvalue weighted by atomic mass is 35.5. The molecular weight excluding hydrogens is 260 g/mol. The summed E-state index contributed by atoms with van der Waals surface area (Å²) in [5, 5.41) is 9.48. The molecular formula is C10H13ClN4O3. The molecule has 0 aromatic carbocycles. The Hall–Kier alpha value is -1.60. The van der Waals surface area contributed by atoms with Crippen molar-refractivity contribution in [3.8, 4) is 0 Å². The van der Waals surface area contributed by atoms with Gasteiger partial charge in [0.2, 0.25) is 0 Å². The SMILES string of the molecule is Cn1cnc2c1c(=O)n(CC(O)CCl)c(=O)n2C. The first-order valence-electron chi connectivity index (χ1n) is 5.32. The van der Waals surface area contributed by atoms with E-state index in [0.717, 1.165) is 4.57 Å². The third-order valence-corrected chi connectivity index (χ3v) is 3.13. The lowest BCUT2D eigenvalue weighted by molar-refractivity contribution is 0.173. The largest absolute Gasteiger partial charge is 0.390 e. The predicted octanol–water partition coefficient (Wildman–Crippen LogP) is -0.967. The van der Waals surface area contributed by atoms with E-state index in [2.05, 4.69) is 4.98 Å². The van der Waals surface area contributed by atoms with Gasteiger partial charge in [-0.2, -0.15) is 0 Å². The van der Waals surface area contributed by atoms with E-state index in [1.807, 2.05) is 0 Å². The van der Waals surface area contributed by atoms with Gasteiger partial charge in [-0.1, -0.05) is 0 Å². The zero-order valence-corrected chi connectivity index (χ0v) is 10.8. The number of hydrogen-bond acceptors (Lipinski definition) is 4. The van der Waals surface area contributed by atoms with Crippen LogP contribution < -0.4 is 11.2 Å². The molecule has 7 nitrogen and oxygen atoms in total. The summed E-state index contributed by atoms with van der Waals surface area (Å²) in [6.45, 7) is -0.129. The molecule has 0 spiro atoms. The minimum atomic E-state index is -0.942. The van der Waals surface area contributed by atoms with Crippen LogP contribution in [0.5, 0.6) is 0 Å². The van der Waals surface area contributed by atoms with E-state index in [1.54, 1.807) is 11.6 Å². The number of nitrogens with zero attached hydrogens (tertiary/aromatic N) is 4. The quantitative estimate of drug-likeness (QED) is 0.729. The Bertz CT molecular complexity index is 699. The molecule has 0 aliphatic carbocycles. The summed E-state index contributed by atoms with van der Waals surface area (Å²) >= 11 is 5.48. The topological polar surface area (TPSA) is 82.1 Å². The third-order valence-electron chi connectivity index (χ3n) is 2.77. The van der Waals surface area contributed by atoms with Crippen LogP contribution in [0, 0.1) is 0 Å². The highest BCUT2D eigenvalue weighted by molar-refractivity contribution is 6.18. The molecule has 2 aromatic heterocycles. The van der Waals surface area contributed by atoms with Crippen LogP contribution in [0.1, 0.15) is 0 Å². The number of imidazole rings is 1. The lowest BCUT2D eigenvalue weighted by atomic mass is 10.4. The average molecular weight is 273 g/mol. The summed E-state index contributed by atoms with van der Waals surface area (Å²) in [7, 11) is 3.20. The molecule has 2 aromatic rings. The fourth-order valence-electron chi connectivity index (χ4n) is 1.82.